The van der Waals surface area contributed by atoms with E-state index in [2.05, 4.69) is 20.9 Å². The molecular weight excluding hydrogens is 306 g/mol. The number of aromatic nitrogens is 1. The van der Waals surface area contributed by atoms with Crippen LogP contribution in [0.4, 0.5) is 0 Å². The van der Waals surface area contributed by atoms with E-state index in [4.69, 9.17) is 9.47 Å². The molecule has 3 nitrogen and oxygen atoms in total. The van der Waals surface area contributed by atoms with Crippen molar-refractivity contribution in [3.8, 4) is 11.6 Å². The minimum Gasteiger partial charge on any atom is -0.485 e. The number of pyridine rings is 1. The number of rotatable bonds is 5. The van der Waals surface area contributed by atoms with E-state index in [9.17, 15) is 0 Å². The average molecular weight is 322 g/mol. The topological polar surface area (TPSA) is 31.4 Å². The van der Waals surface area contributed by atoms with Crippen molar-refractivity contribution < 1.29 is 9.47 Å². The average Bonchev–Trinajstić information content (AvgIpc) is 2.38. The van der Waals surface area contributed by atoms with Gasteiger partial charge in [0.25, 0.3) is 5.88 Å². The van der Waals surface area contributed by atoms with Gasteiger partial charge < -0.3 is 9.47 Å². The first-order chi connectivity index (χ1) is 9.15. The van der Waals surface area contributed by atoms with Crippen LogP contribution >= 0.6 is 15.9 Å². The highest BCUT2D eigenvalue weighted by Crippen LogP contribution is 2.29. The highest BCUT2D eigenvalue weighted by atomic mass is 79.9. The molecular formula is C15H16BrNO2. The number of nitrogens with zero attached hydrogens (tertiary/aromatic N) is 1. The molecule has 0 saturated heterocycles. The fraction of sp³-hybridized carbons (Fsp3) is 0.267. The summed E-state index contributed by atoms with van der Waals surface area (Å²) in [6.07, 6.45) is 1.78. The zero-order chi connectivity index (χ0) is 13.7. The molecule has 0 fully saturated rings. The normalized spacial score (nSPS) is 10.5. The van der Waals surface area contributed by atoms with Crippen molar-refractivity contribution in [3.05, 3.63) is 52.6 Å². The molecule has 0 unspecified atom stereocenters. The summed E-state index contributed by atoms with van der Waals surface area (Å²) in [7, 11) is 0. The first kappa shape index (κ1) is 13.9. The second kappa shape index (κ2) is 6.57. The summed E-state index contributed by atoms with van der Waals surface area (Å²) in [4.78, 5) is 4.25. The Kier molecular flexibility index (Phi) is 4.80. The summed E-state index contributed by atoms with van der Waals surface area (Å²) in [5.74, 6) is 1.17. The lowest BCUT2D eigenvalue weighted by Gasteiger charge is -2.14. The van der Waals surface area contributed by atoms with Gasteiger partial charge in [0.1, 0.15) is 6.61 Å². The molecule has 0 spiro atoms. The summed E-state index contributed by atoms with van der Waals surface area (Å²) >= 11 is 3.38. The van der Waals surface area contributed by atoms with Gasteiger partial charge in [-0.2, -0.15) is 0 Å². The van der Waals surface area contributed by atoms with Crippen LogP contribution in [0, 0.1) is 0 Å². The molecule has 0 N–H and O–H groups in total. The molecule has 4 heteroatoms. The van der Waals surface area contributed by atoms with Gasteiger partial charge in [-0.05, 0) is 35.3 Å². The maximum absolute atomic E-state index is 5.72. The Balaban J connectivity index is 2.11. The molecule has 2 rings (SSSR count). The number of hydrogen-bond acceptors (Lipinski definition) is 3. The number of halogens is 1. The molecule has 0 bridgehead atoms. The van der Waals surface area contributed by atoms with Crippen molar-refractivity contribution in [3.63, 3.8) is 0 Å². The SMILES string of the molecule is CC(C)Oc1cc(Br)cnc1OCc1ccccc1. The molecule has 1 aromatic carbocycles. The van der Waals surface area contributed by atoms with E-state index in [0.29, 0.717) is 18.2 Å². The van der Waals surface area contributed by atoms with Crippen molar-refractivity contribution in [2.24, 2.45) is 0 Å². The predicted molar refractivity (Wildman–Crippen MR) is 78.5 cm³/mol. The van der Waals surface area contributed by atoms with E-state index in [-0.39, 0.29) is 6.10 Å². The Bertz CT molecular complexity index is 529. The molecule has 2 aromatic rings. The van der Waals surface area contributed by atoms with Crippen LogP contribution in [0.1, 0.15) is 19.4 Å². The third kappa shape index (κ3) is 4.24. The van der Waals surface area contributed by atoms with Crippen molar-refractivity contribution >= 4 is 15.9 Å². The molecule has 0 aliphatic rings. The summed E-state index contributed by atoms with van der Waals surface area (Å²) in [5, 5.41) is 0. The van der Waals surface area contributed by atoms with Gasteiger partial charge in [0.2, 0.25) is 0 Å². The second-order valence-corrected chi connectivity index (χ2v) is 5.31. The third-order valence-electron chi connectivity index (χ3n) is 2.37. The first-order valence-corrected chi connectivity index (χ1v) is 6.93. The minimum absolute atomic E-state index is 0.0789. The van der Waals surface area contributed by atoms with Crippen molar-refractivity contribution in [2.45, 2.75) is 26.6 Å². The zero-order valence-electron chi connectivity index (χ0n) is 11.0. The molecule has 0 aliphatic heterocycles. The number of hydrogen-bond donors (Lipinski definition) is 0. The summed E-state index contributed by atoms with van der Waals surface area (Å²) in [5.41, 5.74) is 1.10. The van der Waals surface area contributed by atoms with E-state index in [1.54, 1.807) is 6.20 Å². The smallest absolute Gasteiger partial charge is 0.257 e. The van der Waals surface area contributed by atoms with E-state index >= 15 is 0 Å². The van der Waals surface area contributed by atoms with Crippen molar-refractivity contribution in [1.29, 1.82) is 0 Å². The van der Waals surface area contributed by atoms with Crippen LogP contribution in [0.25, 0.3) is 0 Å². The molecule has 19 heavy (non-hydrogen) atoms. The lowest BCUT2D eigenvalue weighted by Crippen LogP contribution is -2.08. The van der Waals surface area contributed by atoms with E-state index < -0.39 is 0 Å². The standard InChI is InChI=1S/C15H16BrNO2/c1-11(2)19-14-8-13(16)9-17-15(14)18-10-12-6-4-3-5-7-12/h3-9,11H,10H2,1-2H3. The van der Waals surface area contributed by atoms with Gasteiger partial charge in [-0.1, -0.05) is 30.3 Å². The maximum atomic E-state index is 5.72. The molecule has 1 heterocycles. The zero-order valence-corrected chi connectivity index (χ0v) is 12.6. The lowest BCUT2D eigenvalue weighted by molar-refractivity contribution is 0.213. The Morgan fingerprint density at radius 1 is 1.21 bits per heavy atom. The van der Waals surface area contributed by atoms with Crippen LogP contribution in [0.2, 0.25) is 0 Å². The molecule has 100 valence electrons. The van der Waals surface area contributed by atoms with E-state index in [0.717, 1.165) is 10.0 Å². The van der Waals surface area contributed by atoms with Gasteiger partial charge in [0.05, 0.1) is 6.10 Å². The number of ether oxygens (including phenoxy) is 2. The molecule has 0 saturated carbocycles. The molecule has 0 radical (unpaired) electrons. The van der Waals surface area contributed by atoms with Crippen LogP contribution in [0.5, 0.6) is 11.6 Å². The van der Waals surface area contributed by atoms with Gasteiger partial charge in [-0.15, -0.1) is 0 Å². The Morgan fingerprint density at radius 3 is 2.63 bits per heavy atom. The second-order valence-electron chi connectivity index (χ2n) is 4.40. The van der Waals surface area contributed by atoms with Crippen LogP contribution < -0.4 is 9.47 Å². The molecule has 0 aliphatic carbocycles. The van der Waals surface area contributed by atoms with E-state index in [1.165, 1.54) is 0 Å². The monoisotopic (exact) mass is 321 g/mol. The van der Waals surface area contributed by atoms with Crippen LogP contribution in [0.15, 0.2) is 47.1 Å². The lowest BCUT2D eigenvalue weighted by atomic mass is 10.2. The van der Waals surface area contributed by atoms with Crippen molar-refractivity contribution in [1.82, 2.24) is 4.98 Å². The highest BCUT2D eigenvalue weighted by Gasteiger charge is 2.09. The Labute approximate surface area is 121 Å². The van der Waals surface area contributed by atoms with Gasteiger partial charge >= 0.3 is 0 Å². The Morgan fingerprint density at radius 2 is 1.95 bits per heavy atom. The largest absolute Gasteiger partial charge is 0.485 e. The number of benzene rings is 1. The molecule has 0 amide bonds. The van der Waals surface area contributed by atoms with Gasteiger partial charge in [0.15, 0.2) is 5.75 Å². The molecule has 1 aromatic heterocycles. The third-order valence-corrected chi connectivity index (χ3v) is 2.80. The molecule has 0 atom stereocenters. The predicted octanol–water partition coefficient (Wildman–Crippen LogP) is 4.21. The quantitative estimate of drug-likeness (QED) is 0.826. The Hall–Kier alpha value is -1.55. The van der Waals surface area contributed by atoms with Crippen LogP contribution in [-0.4, -0.2) is 11.1 Å². The van der Waals surface area contributed by atoms with Crippen molar-refractivity contribution in [2.75, 3.05) is 0 Å². The first-order valence-electron chi connectivity index (χ1n) is 6.14. The van der Waals surface area contributed by atoms with E-state index in [1.807, 2.05) is 50.2 Å². The van der Waals surface area contributed by atoms with Gasteiger partial charge in [-0.3, -0.25) is 0 Å². The summed E-state index contributed by atoms with van der Waals surface area (Å²) in [6, 6.07) is 11.9. The van der Waals surface area contributed by atoms with Gasteiger partial charge in [0, 0.05) is 16.7 Å². The van der Waals surface area contributed by atoms with Crippen LogP contribution in [-0.2, 0) is 6.61 Å². The van der Waals surface area contributed by atoms with Crippen LogP contribution in [0.3, 0.4) is 0 Å². The maximum Gasteiger partial charge on any atom is 0.257 e. The highest BCUT2D eigenvalue weighted by molar-refractivity contribution is 9.10. The van der Waals surface area contributed by atoms with Gasteiger partial charge in [-0.25, -0.2) is 4.98 Å². The summed E-state index contributed by atoms with van der Waals surface area (Å²) < 4.78 is 12.3. The minimum atomic E-state index is 0.0789. The fourth-order valence-electron chi connectivity index (χ4n) is 1.58. The summed E-state index contributed by atoms with van der Waals surface area (Å²) in [6.45, 7) is 4.42. The fourth-order valence-corrected chi connectivity index (χ4v) is 1.89.